The highest BCUT2D eigenvalue weighted by Gasteiger charge is 2.35. The fraction of sp³-hybridized carbons (Fsp3) is 0.269. The Morgan fingerprint density at radius 2 is 1.68 bits per heavy atom. The Balaban J connectivity index is 1.72. The Kier molecular flexibility index (Phi) is 3.74. The fourth-order valence-corrected chi connectivity index (χ4v) is 4.63. The molecule has 0 N–H and O–H groups in total. The summed E-state index contributed by atoms with van der Waals surface area (Å²) in [6.07, 6.45) is 2.57. The first-order valence-corrected chi connectivity index (χ1v) is 10.1. The van der Waals surface area contributed by atoms with Crippen LogP contribution in [0.4, 0.5) is 0 Å². The van der Waals surface area contributed by atoms with E-state index in [0.717, 1.165) is 40.3 Å². The van der Waals surface area contributed by atoms with Crippen LogP contribution < -0.4 is 0 Å². The van der Waals surface area contributed by atoms with Crippen molar-refractivity contribution in [1.29, 1.82) is 0 Å². The molecule has 0 saturated carbocycles. The average Bonchev–Trinajstić information content (AvgIpc) is 3.17. The van der Waals surface area contributed by atoms with Crippen LogP contribution >= 0.6 is 0 Å². The average molecular weight is 368 g/mol. The van der Waals surface area contributed by atoms with Crippen molar-refractivity contribution < 1.29 is 9.21 Å². The van der Waals surface area contributed by atoms with Crippen LogP contribution in [0.15, 0.2) is 59.0 Å². The summed E-state index contributed by atoms with van der Waals surface area (Å²) < 4.78 is 6.17. The molecule has 4 aromatic rings. The largest absolute Gasteiger partial charge is 0.456 e. The number of fused-ring (bicyclic) bond motifs is 6. The van der Waals surface area contributed by atoms with E-state index in [1.165, 1.54) is 22.3 Å². The van der Waals surface area contributed by atoms with Gasteiger partial charge in [-0.25, -0.2) is 0 Å². The summed E-state index contributed by atoms with van der Waals surface area (Å²) >= 11 is 0. The molecule has 0 amide bonds. The van der Waals surface area contributed by atoms with Crippen LogP contribution in [-0.2, 0) is 5.41 Å². The second-order valence-corrected chi connectivity index (χ2v) is 8.40. The molecule has 28 heavy (non-hydrogen) atoms. The number of benzene rings is 3. The van der Waals surface area contributed by atoms with E-state index in [2.05, 4.69) is 57.2 Å². The Hall–Kier alpha value is -2.87. The zero-order valence-electron chi connectivity index (χ0n) is 16.6. The lowest BCUT2D eigenvalue weighted by Crippen LogP contribution is -2.14. The van der Waals surface area contributed by atoms with E-state index in [1.54, 1.807) is 0 Å². The van der Waals surface area contributed by atoms with Gasteiger partial charge in [0.05, 0.1) is 0 Å². The van der Waals surface area contributed by atoms with Crippen molar-refractivity contribution in [3.05, 3.63) is 71.3 Å². The number of carbonyl (C=O) groups excluding carboxylic acids is 1. The van der Waals surface area contributed by atoms with Crippen LogP contribution in [0.3, 0.4) is 0 Å². The molecule has 0 saturated heterocycles. The molecule has 0 radical (unpaired) electrons. The molecule has 2 nitrogen and oxygen atoms in total. The molecule has 0 fully saturated rings. The highest BCUT2D eigenvalue weighted by atomic mass is 16.3. The van der Waals surface area contributed by atoms with Crippen molar-refractivity contribution in [2.45, 2.75) is 45.4 Å². The molecule has 2 heteroatoms. The first-order chi connectivity index (χ1) is 13.5. The van der Waals surface area contributed by atoms with Crippen LogP contribution in [0.25, 0.3) is 33.1 Å². The van der Waals surface area contributed by atoms with Crippen LogP contribution in [-0.4, -0.2) is 5.78 Å². The number of hydrogen-bond donors (Lipinski definition) is 0. The molecular formula is C26H24O2. The van der Waals surface area contributed by atoms with Gasteiger partial charge < -0.3 is 4.42 Å². The van der Waals surface area contributed by atoms with Crippen molar-refractivity contribution in [3.63, 3.8) is 0 Å². The van der Waals surface area contributed by atoms with Crippen molar-refractivity contribution in [1.82, 2.24) is 0 Å². The Labute approximate surface area is 165 Å². The van der Waals surface area contributed by atoms with Crippen molar-refractivity contribution in [2.24, 2.45) is 0 Å². The number of rotatable bonds is 4. The first-order valence-electron chi connectivity index (χ1n) is 10.1. The molecular weight excluding hydrogens is 344 g/mol. The highest BCUT2D eigenvalue weighted by Crippen LogP contribution is 2.50. The Bertz CT molecular complexity index is 1240. The van der Waals surface area contributed by atoms with Gasteiger partial charge in [0.25, 0.3) is 0 Å². The quantitative estimate of drug-likeness (QED) is 0.355. The fourth-order valence-electron chi connectivity index (χ4n) is 4.63. The third kappa shape index (κ3) is 2.37. The van der Waals surface area contributed by atoms with Gasteiger partial charge in [0, 0.05) is 28.2 Å². The summed E-state index contributed by atoms with van der Waals surface area (Å²) in [6, 6.07) is 18.9. The van der Waals surface area contributed by atoms with Crippen LogP contribution in [0.1, 0.15) is 61.5 Å². The normalized spacial score (nSPS) is 14.4. The number of unbranched alkanes of at least 4 members (excludes halogenated alkanes) is 1. The van der Waals surface area contributed by atoms with Crippen LogP contribution in [0.5, 0.6) is 0 Å². The second-order valence-electron chi connectivity index (χ2n) is 8.40. The molecule has 0 atom stereocenters. The van der Waals surface area contributed by atoms with Gasteiger partial charge in [0.2, 0.25) is 0 Å². The highest BCUT2D eigenvalue weighted by molar-refractivity contribution is 6.10. The third-order valence-corrected chi connectivity index (χ3v) is 6.25. The molecule has 140 valence electrons. The minimum atomic E-state index is -0.0413. The summed E-state index contributed by atoms with van der Waals surface area (Å²) in [5, 5.41) is 2.12. The molecule has 0 unspecified atom stereocenters. The zero-order valence-corrected chi connectivity index (χ0v) is 16.6. The van der Waals surface area contributed by atoms with E-state index in [4.69, 9.17) is 4.42 Å². The minimum Gasteiger partial charge on any atom is -0.456 e. The number of ketones is 1. The summed E-state index contributed by atoms with van der Waals surface area (Å²) in [5.41, 5.74) is 7.72. The van der Waals surface area contributed by atoms with Gasteiger partial charge in [-0.05, 0) is 59.0 Å². The molecule has 1 aliphatic rings. The molecule has 1 aliphatic carbocycles. The van der Waals surface area contributed by atoms with E-state index in [1.807, 2.05) is 18.2 Å². The molecule has 0 bridgehead atoms. The van der Waals surface area contributed by atoms with Gasteiger partial charge in [-0.2, -0.15) is 0 Å². The number of carbonyl (C=O) groups is 1. The molecule has 0 spiro atoms. The smallest absolute Gasteiger partial charge is 0.162 e. The van der Waals surface area contributed by atoms with Crippen molar-refractivity contribution >= 4 is 27.7 Å². The maximum absolute atomic E-state index is 12.5. The molecule has 1 aromatic heterocycles. The number of hydrogen-bond acceptors (Lipinski definition) is 2. The maximum atomic E-state index is 12.5. The van der Waals surface area contributed by atoms with Gasteiger partial charge in [-0.15, -0.1) is 0 Å². The van der Waals surface area contributed by atoms with E-state index in [-0.39, 0.29) is 11.2 Å². The molecule has 5 rings (SSSR count). The molecule has 3 aromatic carbocycles. The third-order valence-electron chi connectivity index (χ3n) is 6.25. The van der Waals surface area contributed by atoms with E-state index in [9.17, 15) is 4.79 Å². The van der Waals surface area contributed by atoms with Gasteiger partial charge in [0.15, 0.2) is 5.78 Å². The lowest BCUT2D eigenvalue weighted by Gasteiger charge is -2.21. The lowest BCUT2D eigenvalue weighted by atomic mass is 9.82. The molecule has 0 aliphatic heterocycles. The van der Waals surface area contributed by atoms with Crippen LogP contribution in [0, 0.1) is 0 Å². The van der Waals surface area contributed by atoms with Crippen molar-refractivity contribution in [3.8, 4) is 11.1 Å². The predicted octanol–water partition coefficient (Wildman–Crippen LogP) is 7.27. The van der Waals surface area contributed by atoms with Crippen LogP contribution in [0.2, 0.25) is 0 Å². The van der Waals surface area contributed by atoms with Gasteiger partial charge in [-0.1, -0.05) is 51.5 Å². The first kappa shape index (κ1) is 17.2. The monoisotopic (exact) mass is 368 g/mol. The number of furan rings is 1. The summed E-state index contributed by atoms with van der Waals surface area (Å²) in [7, 11) is 0. The zero-order chi connectivity index (χ0) is 19.5. The standard InChI is InChI=1S/C26H24O2/c1-4-5-10-23(27)16-11-12-24-19(13-16)20-14-18-17-8-6-7-9-21(17)26(2,3)22(18)15-25(20)28-24/h6-9,11-15H,4-5,10H2,1-3H3. The van der Waals surface area contributed by atoms with Crippen molar-refractivity contribution in [2.75, 3.05) is 0 Å². The maximum Gasteiger partial charge on any atom is 0.162 e. The second kappa shape index (κ2) is 6.07. The summed E-state index contributed by atoms with van der Waals surface area (Å²) in [6.45, 7) is 6.66. The Morgan fingerprint density at radius 3 is 2.50 bits per heavy atom. The minimum absolute atomic E-state index is 0.0413. The molecule has 1 heterocycles. The van der Waals surface area contributed by atoms with Gasteiger partial charge >= 0.3 is 0 Å². The van der Waals surface area contributed by atoms with E-state index < -0.39 is 0 Å². The van der Waals surface area contributed by atoms with E-state index in [0.29, 0.717) is 6.42 Å². The lowest BCUT2D eigenvalue weighted by molar-refractivity contribution is 0.0980. The van der Waals surface area contributed by atoms with Gasteiger partial charge in [0.1, 0.15) is 11.2 Å². The Morgan fingerprint density at radius 1 is 0.893 bits per heavy atom. The van der Waals surface area contributed by atoms with E-state index >= 15 is 0 Å². The number of Topliss-reactive ketones (excluding diaryl/α,β-unsaturated/α-hetero) is 1. The SMILES string of the molecule is CCCCC(=O)c1ccc2oc3cc4c(cc3c2c1)-c1ccccc1C4(C)C. The summed E-state index contributed by atoms with van der Waals surface area (Å²) in [5.74, 6) is 0.214. The van der Waals surface area contributed by atoms with Gasteiger partial charge in [-0.3, -0.25) is 4.79 Å². The topological polar surface area (TPSA) is 30.2 Å². The summed E-state index contributed by atoms with van der Waals surface area (Å²) in [4.78, 5) is 12.5. The predicted molar refractivity (Wildman–Crippen MR) is 115 cm³/mol.